The number of urea groups is 1. The molecule has 0 saturated carbocycles. The normalized spacial score (nSPS) is 10.5. The Labute approximate surface area is 162 Å². The molecule has 144 valence electrons. The van der Waals surface area contributed by atoms with Crippen molar-refractivity contribution >= 4 is 23.7 Å². The van der Waals surface area contributed by atoms with Crippen molar-refractivity contribution in [2.45, 2.75) is 31.6 Å². The van der Waals surface area contributed by atoms with Gasteiger partial charge in [-0.3, -0.25) is 14.7 Å². The highest BCUT2D eigenvalue weighted by atomic mass is 32.2. The molecule has 0 saturated heterocycles. The fourth-order valence-electron chi connectivity index (χ4n) is 2.31. The van der Waals surface area contributed by atoms with Gasteiger partial charge in [-0.2, -0.15) is 0 Å². The molecule has 0 radical (unpaired) electrons. The molecule has 2 rings (SSSR count). The maximum atomic E-state index is 12.0. The zero-order valence-corrected chi connectivity index (χ0v) is 16.4. The third-order valence-corrected chi connectivity index (χ3v) is 4.35. The Morgan fingerprint density at radius 3 is 2.74 bits per heavy atom. The van der Waals surface area contributed by atoms with Gasteiger partial charge in [0.25, 0.3) is 0 Å². The zero-order valence-electron chi connectivity index (χ0n) is 15.6. The largest absolute Gasteiger partial charge is 0.496 e. The molecule has 0 fully saturated rings. The van der Waals surface area contributed by atoms with Gasteiger partial charge in [0.1, 0.15) is 5.75 Å². The summed E-state index contributed by atoms with van der Waals surface area (Å²) in [6.45, 7) is 7.87. The Kier molecular flexibility index (Phi) is 7.42. The molecule has 1 aromatic carbocycles. The van der Waals surface area contributed by atoms with Crippen LogP contribution in [0.1, 0.15) is 13.8 Å². The van der Waals surface area contributed by atoms with Crippen molar-refractivity contribution in [2.24, 2.45) is 0 Å². The number of amides is 3. The number of methoxy groups -OCH3 is 1. The molecule has 1 heterocycles. The predicted molar refractivity (Wildman–Crippen MR) is 105 cm³/mol. The first-order chi connectivity index (χ1) is 13.0. The molecule has 0 atom stereocenters. The van der Waals surface area contributed by atoms with E-state index in [1.54, 1.807) is 13.2 Å². The van der Waals surface area contributed by atoms with Crippen molar-refractivity contribution in [3.8, 4) is 17.1 Å². The van der Waals surface area contributed by atoms with Gasteiger partial charge in [-0.05, 0) is 26.0 Å². The highest BCUT2D eigenvalue weighted by Gasteiger charge is 2.18. The Balaban J connectivity index is 2.14. The molecule has 2 N–H and O–H groups in total. The molecule has 0 aliphatic heterocycles. The van der Waals surface area contributed by atoms with Crippen molar-refractivity contribution in [1.82, 2.24) is 25.4 Å². The molecule has 1 aromatic heterocycles. The number of carbonyl (C=O) groups is 2. The number of hydrogen-bond acceptors (Lipinski definition) is 6. The van der Waals surface area contributed by atoms with E-state index in [4.69, 9.17) is 4.74 Å². The van der Waals surface area contributed by atoms with E-state index in [1.807, 2.05) is 42.7 Å². The number of ether oxygens (including phenoxy) is 1. The van der Waals surface area contributed by atoms with Gasteiger partial charge in [0, 0.05) is 12.6 Å². The fourth-order valence-corrected chi connectivity index (χ4v) is 3.06. The molecular formula is C18H23N5O3S. The minimum atomic E-state index is -0.516. The van der Waals surface area contributed by atoms with Crippen molar-refractivity contribution in [2.75, 3.05) is 12.9 Å². The molecule has 0 unspecified atom stereocenters. The third kappa shape index (κ3) is 5.58. The maximum absolute atomic E-state index is 12.0. The minimum absolute atomic E-state index is 0.0344. The zero-order chi connectivity index (χ0) is 19.8. The van der Waals surface area contributed by atoms with Crippen LogP contribution in [0.4, 0.5) is 4.79 Å². The van der Waals surface area contributed by atoms with Crippen molar-refractivity contribution in [3.63, 3.8) is 0 Å². The third-order valence-electron chi connectivity index (χ3n) is 3.38. The Bertz CT molecular complexity index is 819. The van der Waals surface area contributed by atoms with Gasteiger partial charge in [-0.15, -0.1) is 16.8 Å². The predicted octanol–water partition coefficient (Wildman–Crippen LogP) is 2.47. The second kappa shape index (κ2) is 9.77. The lowest BCUT2D eigenvalue weighted by atomic mass is 10.2. The molecular weight excluding hydrogens is 366 g/mol. The number of para-hydroxylation sites is 1. The summed E-state index contributed by atoms with van der Waals surface area (Å²) in [5, 5.41) is 13.9. The quantitative estimate of drug-likeness (QED) is 0.532. The van der Waals surface area contributed by atoms with Gasteiger partial charge in [-0.1, -0.05) is 30.0 Å². The van der Waals surface area contributed by atoms with Crippen LogP contribution in [0.3, 0.4) is 0 Å². The Hall–Kier alpha value is -2.81. The van der Waals surface area contributed by atoms with Crippen LogP contribution < -0.4 is 15.4 Å². The summed E-state index contributed by atoms with van der Waals surface area (Å²) >= 11 is 1.19. The van der Waals surface area contributed by atoms with E-state index in [9.17, 15) is 9.59 Å². The van der Waals surface area contributed by atoms with Gasteiger partial charge in [0.2, 0.25) is 5.91 Å². The highest BCUT2D eigenvalue weighted by Crippen LogP contribution is 2.30. The van der Waals surface area contributed by atoms with Crippen molar-refractivity contribution in [1.29, 1.82) is 0 Å². The number of rotatable bonds is 8. The number of thioether (sulfide) groups is 1. The number of hydrogen-bond donors (Lipinski definition) is 2. The van der Waals surface area contributed by atoms with Crippen molar-refractivity contribution < 1.29 is 14.3 Å². The lowest BCUT2D eigenvalue weighted by Crippen LogP contribution is -2.43. The summed E-state index contributed by atoms with van der Waals surface area (Å²) in [7, 11) is 1.59. The van der Waals surface area contributed by atoms with E-state index in [-0.39, 0.29) is 11.8 Å². The summed E-state index contributed by atoms with van der Waals surface area (Å²) in [5.74, 6) is 0.917. The number of allylic oxidation sites excluding steroid dienone is 1. The van der Waals surface area contributed by atoms with E-state index >= 15 is 0 Å². The van der Waals surface area contributed by atoms with Crippen LogP contribution in [0, 0.1) is 0 Å². The Morgan fingerprint density at radius 2 is 2.07 bits per heavy atom. The summed E-state index contributed by atoms with van der Waals surface area (Å²) in [4.78, 5) is 23.6. The van der Waals surface area contributed by atoms with E-state index in [2.05, 4.69) is 27.4 Å². The van der Waals surface area contributed by atoms with Crippen LogP contribution >= 0.6 is 11.8 Å². The number of nitrogens with one attached hydrogen (secondary N) is 2. The monoisotopic (exact) mass is 389 g/mol. The molecule has 3 amide bonds. The topological polar surface area (TPSA) is 98.1 Å². The molecule has 8 nitrogen and oxygen atoms in total. The molecule has 9 heteroatoms. The van der Waals surface area contributed by atoms with Crippen molar-refractivity contribution in [3.05, 3.63) is 36.9 Å². The highest BCUT2D eigenvalue weighted by molar-refractivity contribution is 7.99. The van der Waals surface area contributed by atoms with Gasteiger partial charge < -0.3 is 10.1 Å². The number of aromatic nitrogens is 3. The standard InChI is InChI=1S/C18H23N5O3S/c1-5-10-23-16(13-8-6-7-9-14(13)26-4)21-22-18(23)27-11-15(24)20-17(25)19-12(2)3/h5-9,12H,1,10-11H2,2-4H3,(H2,19,20,24,25). The second-order valence-electron chi connectivity index (χ2n) is 5.87. The molecule has 0 aliphatic carbocycles. The Morgan fingerprint density at radius 1 is 1.33 bits per heavy atom. The van der Waals surface area contributed by atoms with Crippen LogP contribution in [-0.2, 0) is 11.3 Å². The minimum Gasteiger partial charge on any atom is -0.496 e. The summed E-state index contributed by atoms with van der Waals surface area (Å²) in [6.07, 6.45) is 1.72. The van der Waals surface area contributed by atoms with E-state index in [0.29, 0.717) is 23.3 Å². The lowest BCUT2D eigenvalue weighted by molar-refractivity contribution is -0.117. The van der Waals surface area contributed by atoms with E-state index in [1.165, 1.54) is 11.8 Å². The maximum Gasteiger partial charge on any atom is 0.321 e. The van der Waals surface area contributed by atoms with Gasteiger partial charge >= 0.3 is 6.03 Å². The van der Waals surface area contributed by atoms with Crippen LogP contribution in [0.2, 0.25) is 0 Å². The number of benzene rings is 1. The number of imide groups is 1. The summed E-state index contributed by atoms with van der Waals surface area (Å²) in [5.41, 5.74) is 0.793. The molecule has 2 aromatic rings. The fraction of sp³-hybridized carbons (Fsp3) is 0.333. The van der Waals surface area contributed by atoms with Gasteiger partial charge in [0.05, 0.1) is 18.4 Å². The van der Waals surface area contributed by atoms with Gasteiger partial charge in [0.15, 0.2) is 11.0 Å². The van der Waals surface area contributed by atoms with Crippen LogP contribution in [-0.4, -0.2) is 45.6 Å². The summed E-state index contributed by atoms with van der Waals surface area (Å²) < 4.78 is 7.24. The number of carbonyl (C=O) groups excluding carboxylic acids is 2. The van der Waals surface area contributed by atoms with E-state index in [0.717, 1.165) is 5.56 Å². The molecule has 27 heavy (non-hydrogen) atoms. The van der Waals surface area contributed by atoms with Gasteiger partial charge in [-0.25, -0.2) is 4.79 Å². The molecule has 0 bridgehead atoms. The first-order valence-corrected chi connectivity index (χ1v) is 9.35. The van der Waals surface area contributed by atoms with Crippen LogP contribution in [0.5, 0.6) is 5.75 Å². The first-order valence-electron chi connectivity index (χ1n) is 8.36. The molecule has 0 aliphatic rings. The van der Waals surface area contributed by atoms with E-state index < -0.39 is 11.9 Å². The number of nitrogens with zero attached hydrogens (tertiary/aromatic N) is 3. The SMILES string of the molecule is C=CCn1c(SCC(=O)NC(=O)NC(C)C)nnc1-c1ccccc1OC. The summed E-state index contributed by atoms with van der Waals surface area (Å²) in [6, 6.07) is 6.93. The average Bonchev–Trinajstić information content (AvgIpc) is 3.02. The smallest absolute Gasteiger partial charge is 0.321 e. The second-order valence-corrected chi connectivity index (χ2v) is 6.81. The van der Waals surface area contributed by atoms with Crippen LogP contribution in [0.25, 0.3) is 11.4 Å². The molecule has 0 spiro atoms. The van der Waals surface area contributed by atoms with Crippen LogP contribution in [0.15, 0.2) is 42.1 Å². The first kappa shape index (κ1) is 20.5. The average molecular weight is 389 g/mol. The lowest BCUT2D eigenvalue weighted by Gasteiger charge is -2.11.